The van der Waals surface area contributed by atoms with Crippen LogP contribution in [0.3, 0.4) is 0 Å². The Morgan fingerprint density at radius 1 is 1.04 bits per heavy atom. The third kappa shape index (κ3) is 4.00. The van der Waals surface area contributed by atoms with Crippen molar-refractivity contribution in [3.8, 4) is 5.75 Å². The van der Waals surface area contributed by atoms with Crippen molar-refractivity contribution in [2.45, 2.75) is 6.92 Å². The predicted molar refractivity (Wildman–Crippen MR) is 106 cm³/mol. The number of hydrogen-bond donors (Lipinski definition) is 2. The third-order valence-electron chi connectivity index (χ3n) is 4.12. The molecule has 5 nitrogen and oxygen atoms in total. The molecule has 1 amide bonds. The highest BCUT2D eigenvalue weighted by atomic mass is 16.5. The number of ether oxygens (including phenoxy) is 1. The molecule has 0 radical (unpaired) electrons. The molecular formula is C21H21N3O2. The standard InChI is InChI=1S/C21H21N3O2/c1-15-7-3-6-10-19(15)22-14-21(25)24-23-13-16-11-12-20(26-2)18-9-5-4-8-17(16)18/h3-13,22H,14H2,1-2H3,(H,24,25)/b23-13+. The first-order chi connectivity index (χ1) is 12.7. The molecule has 0 aliphatic carbocycles. The van der Waals surface area contributed by atoms with E-state index >= 15 is 0 Å². The van der Waals surface area contributed by atoms with Gasteiger partial charge < -0.3 is 10.1 Å². The lowest BCUT2D eigenvalue weighted by Gasteiger charge is -2.08. The van der Waals surface area contributed by atoms with E-state index in [2.05, 4.69) is 15.8 Å². The summed E-state index contributed by atoms with van der Waals surface area (Å²) in [6, 6.07) is 19.6. The van der Waals surface area contributed by atoms with E-state index < -0.39 is 0 Å². The van der Waals surface area contributed by atoms with Gasteiger partial charge in [0.05, 0.1) is 19.9 Å². The molecule has 26 heavy (non-hydrogen) atoms. The van der Waals surface area contributed by atoms with Gasteiger partial charge in [-0.1, -0.05) is 42.5 Å². The number of para-hydroxylation sites is 1. The highest BCUT2D eigenvalue weighted by molar-refractivity contribution is 6.02. The number of hydrogen-bond acceptors (Lipinski definition) is 4. The molecule has 3 aromatic carbocycles. The molecule has 0 bridgehead atoms. The molecule has 132 valence electrons. The minimum atomic E-state index is -0.206. The lowest BCUT2D eigenvalue weighted by Crippen LogP contribution is -2.26. The van der Waals surface area contributed by atoms with Gasteiger partial charge in [-0.05, 0) is 36.1 Å². The zero-order chi connectivity index (χ0) is 18.4. The number of aryl methyl sites for hydroxylation is 1. The fraction of sp³-hybridized carbons (Fsp3) is 0.143. The number of rotatable bonds is 6. The number of methoxy groups -OCH3 is 1. The number of benzene rings is 3. The van der Waals surface area contributed by atoms with E-state index in [9.17, 15) is 4.79 Å². The predicted octanol–water partition coefficient (Wildman–Crippen LogP) is 3.72. The van der Waals surface area contributed by atoms with Crippen molar-refractivity contribution in [1.82, 2.24) is 5.43 Å². The maximum Gasteiger partial charge on any atom is 0.259 e. The first kappa shape index (κ1) is 17.5. The fourth-order valence-electron chi connectivity index (χ4n) is 2.75. The van der Waals surface area contributed by atoms with Crippen molar-refractivity contribution in [2.24, 2.45) is 5.10 Å². The van der Waals surface area contributed by atoms with Gasteiger partial charge in [0.25, 0.3) is 5.91 Å². The van der Waals surface area contributed by atoms with Crippen LogP contribution in [0.2, 0.25) is 0 Å². The van der Waals surface area contributed by atoms with Crippen LogP contribution < -0.4 is 15.5 Å². The van der Waals surface area contributed by atoms with Gasteiger partial charge in [-0.15, -0.1) is 0 Å². The maximum absolute atomic E-state index is 12.0. The fourth-order valence-corrected chi connectivity index (χ4v) is 2.75. The largest absolute Gasteiger partial charge is 0.496 e. The van der Waals surface area contributed by atoms with E-state index in [1.807, 2.05) is 67.6 Å². The van der Waals surface area contributed by atoms with E-state index in [0.717, 1.165) is 33.3 Å². The van der Waals surface area contributed by atoms with Crippen molar-refractivity contribution in [3.63, 3.8) is 0 Å². The monoisotopic (exact) mass is 347 g/mol. The maximum atomic E-state index is 12.0. The Morgan fingerprint density at radius 3 is 2.54 bits per heavy atom. The summed E-state index contributed by atoms with van der Waals surface area (Å²) in [4.78, 5) is 12.0. The van der Waals surface area contributed by atoms with Gasteiger partial charge in [0.2, 0.25) is 0 Å². The molecular weight excluding hydrogens is 326 g/mol. The Bertz CT molecular complexity index is 951. The zero-order valence-electron chi connectivity index (χ0n) is 14.8. The average molecular weight is 347 g/mol. The molecule has 0 aliphatic heterocycles. The lowest BCUT2D eigenvalue weighted by atomic mass is 10.0. The van der Waals surface area contributed by atoms with Gasteiger partial charge in [-0.2, -0.15) is 5.10 Å². The summed E-state index contributed by atoms with van der Waals surface area (Å²) in [7, 11) is 1.65. The van der Waals surface area contributed by atoms with Crippen LogP contribution in [0.4, 0.5) is 5.69 Å². The molecule has 5 heteroatoms. The summed E-state index contributed by atoms with van der Waals surface area (Å²) < 4.78 is 5.39. The van der Waals surface area contributed by atoms with Gasteiger partial charge in [-0.25, -0.2) is 5.43 Å². The van der Waals surface area contributed by atoms with E-state index in [-0.39, 0.29) is 12.5 Å². The van der Waals surface area contributed by atoms with Crippen LogP contribution in [0.15, 0.2) is 65.8 Å². The van der Waals surface area contributed by atoms with E-state index in [1.165, 1.54) is 0 Å². The molecule has 0 aliphatic rings. The van der Waals surface area contributed by atoms with Crippen molar-refractivity contribution in [2.75, 3.05) is 19.0 Å². The third-order valence-corrected chi connectivity index (χ3v) is 4.12. The van der Waals surface area contributed by atoms with Crippen LogP contribution in [0.1, 0.15) is 11.1 Å². The number of anilines is 1. The minimum Gasteiger partial charge on any atom is -0.496 e. The van der Waals surface area contributed by atoms with Crippen molar-refractivity contribution in [1.29, 1.82) is 0 Å². The van der Waals surface area contributed by atoms with Crippen LogP contribution in [0, 0.1) is 6.92 Å². The molecule has 0 fully saturated rings. The van der Waals surface area contributed by atoms with E-state index in [1.54, 1.807) is 13.3 Å². The highest BCUT2D eigenvalue weighted by Crippen LogP contribution is 2.27. The molecule has 3 aromatic rings. The number of carbonyl (C=O) groups excluding carboxylic acids is 1. The molecule has 0 spiro atoms. The Balaban J connectivity index is 1.64. The summed E-state index contributed by atoms with van der Waals surface area (Å²) >= 11 is 0. The molecule has 0 aromatic heterocycles. The van der Waals surface area contributed by atoms with Crippen LogP contribution >= 0.6 is 0 Å². The Labute approximate surface area is 152 Å². The van der Waals surface area contributed by atoms with Gasteiger partial charge in [0, 0.05) is 16.6 Å². The van der Waals surface area contributed by atoms with Crippen molar-refractivity contribution < 1.29 is 9.53 Å². The Kier molecular flexibility index (Phi) is 5.49. The SMILES string of the molecule is COc1ccc(/C=N/NC(=O)CNc2ccccc2C)c2ccccc12. The van der Waals surface area contributed by atoms with Crippen LogP contribution in [-0.2, 0) is 4.79 Å². The van der Waals surface area contributed by atoms with Crippen LogP contribution in [0.5, 0.6) is 5.75 Å². The van der Waals surface area contributed by atoms with E-state index in [0.29, 0.717) is 0 Å². The average Bonchev–Trinajstić information content (AvgIpc) is 2.67. The molecule has 3 rings (SSSR count). The quantitative estimate of drug-likeness (QED) is 0.528. The summed E-state index contributed by atoms with van der Waals surface area (Å²) in [6.07, 6.45) is 1.65. The summed E-state index contributed by atoms with van der Waals surface area (Å²) in [5.74, 6) is 0.603. The number of carbonyl (C=O) groups is 1. The smallest absolute Gasteiger partial charge is 0.259 e. The van der Waals surface area contributed by atoms with Gasteiger partial charge in [0.15, 0.2) is 0 Å². The Morgan fingerprint density at radius 2 is 1.77 bits per heavy atom. The van der Waals surface area contributed by atoms with Gasteiger partial charge in [-0.3, -0.25) is 4.79 Å². The second-order valence-corrected chi connectivity index (χ2v) is 5.86. The Hall–Kier alpha value is -3.34. The van der Waals surface area contributed by atoms with Crippen molar-refractivity contribution >= 4 is 28.6 Å². The van der Waals surface area contributed by atoms with Gasteiger partial charge >= 0.3 is 0 Å². The lowest BCUT2D eigenvalue weighted by molar-refractivity contribution is -0.119. The number of nitrogens with zero attached hydrogens (tertiary/aromatic N) is 1. The number of fused-ring (bicyclic) bond motifs is 1. The summed E-state index contributed by atoms with van der Waals surface area (Å²) in [6.45, 7) is 2.15. The summed E-state index contributed by atoms with van der Waals surface area (Å²) in [5, 5.41) is 9.20. The summed E-state index contributed by atoms with van der Waals surface area (Å²) in [5.41, 5.74) is 5.49. The molecule has 0 heterocycles. The molecule has 0 unspecified atom stereocenters. The second kappa shape index (κ2) is 8.16. The normalized spacial score (nSPS) is 10.8. The number of amides is 1. The highest BCUT2D eigenvalue weighted by Gasteiger charge is 2.05. The minimum absolute atomic E-state index is 0.158. The van der Waals surface area contributed by atoms with Crippen LogP contribution in [-0.4, -0.2) is 25.8 Å². The molecule has 0 atom stereocenters. The van der Waals surface area contributed by atoms with Crippen LogP contribution in [0.25, 0.3) is 10.8 Å². The first-order valence-electron chi connectivity index (χ1n) is 8.36. The second-order valence-electron chi connectivity index (χ2n) is 5.86. The molecule has 2 N–H and O–H groups in total. The van der Waals surface area contributed by atoms with Crippen molar-refractivity contribution in [3.05, 3.63) is 71.8 Å². The molecule has 0 saturated heterocycles. The van der Waals surface area contributed by atoms with E-state index in [4.69, 9.17) is 4.74 Å². The molecule has 0 saturated carbocycles. The number of hydrazone groups is 1. The number of nitrogens with one attached hydrogen (secondary N) is 2. The zero-order valence-corrected chi connectivity index (χ0v) is 14.8. The van der Waals surface area contributed by atoms with Gasteiger partial charge in [0.1, 0.15) is 5.75 Å². The first-order valence-corrected chi connectivity index (χ1v) is 8.36. The topological polar surface area (TPSA) is 62.7 Å².